The second-order valence-corrected chi connectivity index (χ2v) is 4.66. The Kier molecular flexibility index (Phi) is 3.86. The minimum atomic E-state index is -0.660. The predicted molar refractivity (Wildman–Crippen MR) is 75.1 cm³/mol. The summed E-state index contributed by atoms with van der Waals surface area (Å²) in [6.45, 7) is 0. The minimum Gasteiger partial charge on any atom is -0.422 e. The highest BCUT2D eigenvalue weighted by atomic mass is 32.2. The fourth-order valence-electron chi connectivity index (χ4n) is 1.51. The van der Waals surface area contributed by atoms with Gasteiger partial charge in [0.2, 0.25) is 0 Å². The van der Waals surface area contributed by atoms with Crippen LogP contribution in [0.2, 0.25) is 0 Å². The zero-order chi connectivity index (χ0) is 13.8. The van der Waals surface area contributed by atoms with Gasteiger partial charge in [-0.05, 0) is 12.1 Å². The Morgan fingerprint density at radius 2 is 2.11 bits per heavy atom. The highest BCUT2D eigenvalue weighted by molar-refractivity contribution is 8.14. The molecule has 0 fully saturated rings. The molecule has 0 aliphatic heterocycles. The van der Waals surface area contributed by atoms with Crippen molar-refractivity contribution in [3.05, 3.63) is 46.3 Å². The molecule has 1 aromatic heterocycles. The largest absolute Gasteiger partial charge is 0.422 e. The van der Waals surface area contributed by atoms with Crippen LogP contribution >= 0.6 is 11.8 Å². The van der Waals surface area contributed by atoms with E-state index in [1.165, 1.54) is 6.07 Å². The number of carbonyl (C=O) groups is 1. The number of hydrogen-bond donors (Lipinski definition) is 2. The van der Waals surface area contributed by atoms with Crippen LogP contribution in [0.3, 0.4) is 0 Å². The molecule has 0 saturated heterocycles. The molecule has 0 atom stereocenters. The van der Waals surface area contributed by atoms with Crippen LogP contribution in [-0.4, -0.2) is 16.7 Å². The average molecular weight is 277 g/mol. The quantitative estimate of drug-likeness (QED) is 0.215. The van der Waals surface area contributed by atoms with Gasteiger partial charge in [0, 0.05) is 5.39 Å². The number of nitrogens with zero attached hydrogens (tertiary/aromatic N) is 1. The highest BCUT2D eigenvalue weighted by Crippen LogP contribution is 2.14. The Hall–Kier alpha value is -2.28. The number of hydrazone groups is 1. The third kappa shape index (κ3) is 2.94. The van der Waals surface area contributed by atoms with Gasteiger partial charge in [0.1, 0.15) is 11.1 Å². The molecule has 0 unspecified atom stereocenters. The number of thioether (sulfide) groups is 1. The number of rotatable bonds is 3. The van der Waals surface area contributed by atoms with Gasteiger partial charge in [-0.2, -0.15) is 5.10 Å². The van der Waals surface area contributed by atoms with Crippen LogP contribution in [0.25, 0.3) is 11.0 Å². The lowest BCUT2D eigenvalue weighted by Gasteiger charge is -2.01. The first-order valence-corrected chi connectivity index (χ1v) is 6.32. The van der Waals surface area contributed by atoms with E-state index in [0.717, 1.165) is 11.8 Å². The Morgan fingerprint density at radius 1 is 1.37 bits per heavy atom. The molecule has 0 bridgehead atoms. The number of ketones is 1. The summed E-state index contributed by atoms with van der Waals surface area (Å²) in [6, 6.07) is 8.49. The maximum absolute atomic E-state index is 11.9. The van der Waals surface area contributed by atoms with Crippen LogP contribution in [0.4, 0.5) is 0 Å². The van der Waals surface area contributed by atoms with Gasteiger partial charge in [0.15, 0.2) is 11.0 Å². The number of para-hydroxylation sites is 1. The summed E-state index contributed by atoms with van der Waals surface area (Å²) in [5.41, 5.74) is 5.14. The molecule has 0 aliphatic carbocycles. The first kappa shape index (κ1) is 13.2. The van der Waals surface area contributed by atoms with Crippen LogP contribution in [0.15, 0.2) is 44.6 Å². The second kappa shape index (κ2) is 5.57. The summed E-state index contributed by atoms with van der Waals surface area (Å²) in [4.78, 5) is 23.6. The lowest BCUT2D eigenvalue weighted by atomic mass is 10.1. The van der Waals surface area contributed by atoms with Gasteiger partial charge in [-0.25, -0.2) is 4.79 Å². The van der Waals surface area contributed by atoms with Crippen molar-refractivity contribution in [1.82, 2.24) is 0 Å². The van der Waals surface area contributed by atoms with Crippen molar-refractivity contribution in [3.63, 3.8) is 0 Å². The summed E-state index contributed by atoms with van der Waals surface area (Å²) in [5, 5.41) is 4.00. The van der Waals surface area contributed by atoms with Crippen LogP contribution in [0.1, 0.15) is 10.4 Å². The average Bonchev–Trinajstić information content (AvgIpc) is 2.43. The number of amidine groups is 1. The third-order valence-corrected chi connectivity index (χ3v) is 3.23. The van der Waals surface area contributed by atoms with Crippen molar-refractivity contribution >= 4 is 33.7 Å². The van der Waals surface area contributed by atoms with Crippen molar-refractivity contribution in [3.8, 4) is 0 Å². The van der Waals surface area contributed by atoms with Crippen molar-refractivity contribution in [2.24, 2.45) is 16.7 Å². The van der Waals surface area contributed by atoms with E-state index in [1.54, 1.807) is 24.3 Å². The normalized spacial score (nSPS) is 11.7. The summed E-state index contributed by atoms with van der Waals surface area (Å²) in [6.07, 6.45) is 0. The topological polar surface area (TPSA) is 112 Å². The van der Waals surface area contributed by atoms with E-state index in [2.05, 4.69) is 5.10 Å². The molecule has 2 rings (SSSR count). The molecule has 0 aliphatic rings. The Balaban J connectivity index is 2.32. The van der Waals surface area contributed by atoms with Gasteiger partial charge in [0.05, 0.1) is 5.75 Å². The highest BCUT2D eigenvalue weighted by Gasteiger charge is 2.14. The first-order valence-electron chi connectivity index (χ1n) is 5.34. The Morgan fingerprint density at radius 3 is 2.84 bits per heavy atom. The lowest BCUT2D eigenvalue weighted by Crippen LogP contribution is -2.18. The maximum atomic E-state index is 11.9. The molecular formula is C12H11N3O3S. The smallest absolute Gasteiger partial charge is 0.347 e. The van der Waals surface area contributed by atoms with E-state index in [-0.39, 0.29) is 22.3 Å². The van der Waals surface area contributed by atoms with Crippen molar-refractivity contribution in [2.75, 3.05) is 5.75 Å². The first-order chi connectivity index (χ1) is 9.11. The summed E-state index contributed by atoms with van der Waals surface area (Å²) < 4.78 is 5.08. The number of fused-ring (bicyclic) bond motifs is 1. The standard InChI is InChI=1S/C12H11N3O3S/c13-12(15-14)19-6-9(16)8-5-7-3-1-2-4-10(7)18-11(8)17/h1-5H,6,14H2,(H2,13,15). The molecule has 7 heteroatoms. The van der Waals surface area contributed by atoms with Gasteiger partial charge < -0.3 is 16.0 Å². The molecule has 2 aromatic rings. The fraction of sp³-hybridized carbons (Fsp3) is 0.0833. The Bertz CT molecular complexity index is 709. The van der Waals surface area contributed by atoms with Crippen LogP contribution in [0.5, 0.6) is 0 Å². The summed E-state index contributed by atoms with van der Waals surface area (Å²) >= 11 is 0.966. The number of benzene rings is 1. The number of Topliss-reactive ketones (excluding diaryl/α,β-unsaturated/α-hetero) is 1. The summed E-state index contributed by atoms with van der Waals surface area (Å²) in [7, 11) is 0. The minimum absolute atomic E-state index is 0.00368. The second-order valence-electron chi connectivity index (χ2n) is 3.66. The maximum Gasteiger partial charge on any atom is 0.347 e. The van der Waals surface area contributed by atoms with Gasteiger partial charge in [0.25, 0.3) is 0 Å². The SMILES string of the molecule is N/N=C(\N)SCC(=O)c1cc2ccccc2oc1=O. The molecular weight excluding hydrogens is 266 g/mol. The molecule has 1 aromatic carbocycles. The van der Waals surface area contributed by atoms with Crippen molar-refractivity contribution in [2.45, 2.75) is 0 Å². The fourth-order valence-corrected chi connectivity index (χ4v) is 2.02. The van der Waals surface area contributed by atoms with E-state index >= 15 is 0 Å². The molecule has 1 heterocycles. The van der Waals surface area contributed by atoms with Gasteiger partial charge >= 0.3 is 5.63 Å². The van der Waals surface area contributed by atoms with Crippen molar-refractivity contribution < 1.29 is 9.21 Å². The van der Waals surface area contributed by atoms with Gasteiger partial charge in [-0.15, -0.1) is 0 Å². The predicted octanol–water partition coefficient (Wildman–Crippen LogP) is 0.897. The van der Waals surface area contributed by atoms with Crippen molar-refractivity contribution in [1.29, 1.82) is 0 Å². The lowest BCUT2D eigenvalue weighted by molar-refractivity contribution is 0.101. The molecule has 0 radical (unpaired) electrons. The Labute approximate surface area is 112 Å². The van der Waals surface area contributed by atoms with Crippen LogP contribution in [-0.2, 0) is 0 Å². The zero-order valence-electron chi connectivity index (χ0n) is 9.83. The van der Waals surface area contributed by atoms with Gasteiger partial charge in [-0.3, -0.25) is 4.79 Å². The van der Waals surface area contributed by atoms with E-state index in [0.29, 0.717) is 11.0 Å². The van der Waals surface area contributed by atoms with E-state index < -0.39 is 5.63 Å². The number of nitrogens with two attached hydrogens (primary N) is 2. The summed E-state index contributed by atoms with van der Waals surface area (Å²) in [5.74, 6) is 4.55. The van der Waals surface area contributed by atoms with Crippen LogP contribution < -0.4 is 17.2 Å². The molecule has 0 amide bonds. The van der Waals surface area contributed by atoms with E-state index in [9.17, 15) is 9.59 Å². The van der Waals surface area contributed by atoms with E-state index in [1.807, 2.05) is 0 Å². The monoisotopic (exact) mass is 277 g/mol. The van der Waals surface area contributed by atoms with Crippen LogP contribution in [0, 0.1) is 0 Å². The molecule has 0 spiro atoms. The zero-order valence-corrected chi connectivity index (χ0v) is 10.6. The molecule has 19 heavy (non-hydrogen) atoms. The number of hydrogen-bond acceptors (Lipinski definition) is 6. The van der Waals surface area contributed by atoms with E-state index in [4.69, 9.17) is 16.0 Å². The van der Waals surface area contributed by atoms with Gasteiger partial charge in [-0.1, -0.05) is 30.0 Å². The molecule has 98 valence electrons. The molecule has 0 saturated carbocycles. The number of carbonyl (C=O) groups excluding carboxylic acids is 1. The third-order valence-electron chi connectivity index (χ3n) is 2.42. The molecule has 4 N–H and O–H groups in total. The molecule has 6 nitrogen and oxygen atoms in total.